The van der Waals surface area contributed by atoms with E-state index in [1.165, 1.54) is 41.9 Å². The van der Waals surface area contributed by atoms with Crippen LogP contribution in [0.15, 0.2) is 53.4 Å². The molecular weight excluding hydrogens is 405 g/mol. The van der Waals surface area contributed by atoms with Crippen molar-refractivity contribution in [3.63, 3.8) is 0 Å². The molecule has 0 aliphatic carbocycles. The van der Waals surface area contributed by atoms with E-state index in [4.69, 9.17) is 14.7 Å². The first kappa shape index (κ1) is 21.2. The summed E-state index contributed by atoms with van der Waals surface area (Å²) in [5.74, 6) is -1.21. The van der Waals surface area contributed by atoms with Gasteiger partial charge in [0.25, 0.3) is 5.91 Å². The van der Waals surface area contributed by atoms with Gasteiger partial charge >= 0.3 is 0 Å². The number of carbonyl (C=O) groups excluding carboxylic acids is 1. The average Bonchev–Trinajstić information content (AvgIpc) is 2.73. The molecule has 8 nitrogen and oxygen atoms in total. The Morgan fingerprint density at radius 3 is 2.48 bits per heavy atom. The monoisotopic (exact) mass is 425 g/mol. The number of halogens is 1. The number of benzene rings is 2. The fraction of sp³-hybridized carbons (Fsp3) is 0.316. The Morgan fingerprint density at radius 2 is 1.86 bits per heavy atom. The van der Waals surface area contributed by atoms with Crippen molar-refractivity contribution in [1.82, 2.24) is 5.48 Å². The molecule has 1 aliphatic rings. The Morgan fingerprint density at radius 1 is 1.21 bits per heavy atom. The molecule has 3 rings (SSSR count). The van der Waals surface area contributed by atoms with Gasteiger partial charge in [-0.1, -0.05) is 12.1 Å². The van der Waals surface area contributed by atoms with Crippen LogP contribution in [0.2, 0.25) is 0 Å². The van der Waals surface area contributed by atoms with Crippen LogP contribution in [-0.2, 0) is 26.0 Å². The predicted molar refractivity (Wildman–Crippen MR) is 98.5 cm³/mol. The second kappa shape index (κ2) is 8.46. The van der Waals surface area contributed by atoms with Crippen molar-refractivity contribution in [1.29, 1.82) is 0 Å². The van der Waals surface area contributed by atoms with Crippen LogP contribution in [0.5, 0.6) is 5.75 Å². The number of ether oxygens (including phenoxy) is 2. The van der Waals surface area contributed by atoms with E-state index < -0.39 is 33.2 Å². The summed E-state index contributed by atoms with van der Waals surface area (Å²) in [7, 11) is -4.11. The zero-order valence-electron chi connectivity index (χ0n) is 15.2. The summed E-state index contributed by atoms with van der Waals surface area (Å²) in [6, 6.07) is 11.3. The lowest BCUT2D eigenvalue weighted by atomic mass is 9.95. The second-order valence-electron chi connectivity index (χ2n) is 6.63. The zero-order chi connectivity index (χ0) is 21.1. The van der Waals surface area contributed by atoms with Crippen LogP contribution < -0.4 is 10.2 Å². The molecular formula is C19H20FNO7S. The summed E-state index contributed by atoms with van der Waals surface area (Å²) >= 11 is 0. The topological polar surface area (TPSA) is 122 Å². The largest absolute Gasteiger partial charge is 0.489 e. The first-order valence-electron chi connectivity index (χ1n) is 8.73. The molecule has 0 spiro atoms. The summed E-state index contributed by atoms with van der Waals surface area (Å²) in [4.78, 5) is 11.8. The van der Waals surface area contributed by atoms with E-state index in [2.05, 4.69) is 0 Å². The number of nitrogens with one attached hydrogen (secondary N) is 1. The minimum absolute atomic E-state index is 0.0454. The first-order valence-corrected chi connectivity index (χ1v) is 10.3. The molecule has 10 heteroatoms. The van der Waals surface area contributed by atoms with E-state index in [1.54, 1.807) is 12.1 Å². The highest BCUT2D eigenvalue weighted by Gasteiger charge is 2.53. The lowest BCUT2D eigenvalue weighted by Crippen LogP contribution is -2.62. The highest BCUT2D eigenvalue weighted by atomic mass is 32.2. The number of hydrogen-bond acceptors (Lipinski definition) is 7. The molecule has 2 aromatic carbocycles. The van der Waals surface area contributed by atoms with Crippen LogP contribution in [0.1, 0.15) is 12.0 Å². The van der Waals surface area contributed by atoms with Crippen molar-refractivity contribution in [3.8, 4) is 5.75 Å². The molecule has 1 amide bonds. The van der Waals surface area contributed by atoms with Gasteiger partial charge in [0.15, 0.2) is 15.4 Å². The maximum atomic E-state index is 13.0. The molecule has 3 N–H and O–H groups in total. The average molecular weight is 425 g/mol. The van der Waals surface area contributed by atoms with E-state index >= 15 is 0 Å². The maximum Gasteiger partial charge on any atom is 0.279 e. The second-order valence-corrected chi connectivity index (χ2v) is 8.76. The van der Waals surface area contributed by atoms with Crippen molar-refractivity contribution < 1.29 is 37.4 Å². The Balaban J connectivity index is 1.76. The van der Waals surface area contributed by atoms with Crippen LogP contribution in [0.3, 0.4) is 0 Å². The Kier molecular flexibility index (Phi) is 6.18. The standard InChI is InChI=1S/C19H20FNO7S/c20-14-3-1-13(2-4-14)11-28-15-5-7-16(8-6-15)29(25,26)17-9-10-27-12-19(17,23)18(22)21-24/h1-8,17,23-24H,9-12H2,(H,21,22). The van der Waals surface area contributed by atoms with Crippen LogP contribution >= 0.6 is 0 Å². The molecule has 1 aliphatic heterocycles. The molecule has 1 heterocycles. The number of hydrogen-bond donors (Lipinski definition) is 3. The van der Waals surface area contributed by atoms with Crippen molar-refractivity contribution >= 4 is 15.7 Å². The molecule has 0 saturated carbocycles. The van der Waals surface area contributed by atoms with Crippen LogP contribution in [0.25, 0.3) is 0 Å². The SMILES string of the molecule is O=C(NO)C1(O)COCCC1S(=O)(=O)c1ccc(OCc2ccc(F)cc2)cc1. The fourth-order valence-corrected chi connectivity index (χ4v) is 5.05. The molecule has 0 aromatic heterocycles. The Hall–Kier alpha value is -2.53. The quantitative estimate of drug-likeness (QED) is 0.470. The van der Waals surface area contributed by atoms with Crippen molar-refractivity contribution in [2.45, 2.75) is 28.8 Å². The molecule has 0 bridgehead atoms. The van der Waals surface area contributed by atoms with Gasteiger partial charge in [0.1, 0.15) is 23.4 Å². The van der Waals surface area contributed by atoms with Gasteiger partial charge in [0.05, 0.1) is 11.5 Å². The van der Waals surface area contributed by atoms with E-state index in [1.807, 2.05) is 0 Å². The third-order valence-electron chi connectivity index (χ3n) is 4.72. The van der Waals surface area contributed by atoms with Crippen molar-refractivity contribution in [2.24, 2.45) is 0 Å². The predicted octanol–water partition coefficient (Wildman–Crippen LogP) is 1.20. The molecule has 1 fully saturated rings. The molecule has 29 heavy (non-hydrogen) atoms. The summed E-state index contributed by atoms with van der Waals surface area (Å²) in [5, 5.41) is 17.9. The molecule has 1 saturated heterocycles. The van der Waals surface area contributed by atoms with Crippen molar-refractivity contribution in [2.75, 3.05) is 13.2 Å². The number of rotatable bonds is 6. The van der Waals surface area contributed by atoms with Gasteiger partial charge in [-0.15, -0.1) is 0 Å². The number of carbonyl (C=O) groups is 1. The van der Waals surface area contributed by atoms with E-state index in [-0.39, 0.29) is 30.3 Å². The lowest BCUT2D eigenvalue weighted by Gasteiger charge is -2.36. The Labute approximate surface area is 166 Å². The third-order valence-corrected chi connectivity index (χ3v) is 7.02. The molecule has 0 radical (unpaired) electrons. The van der Waals surface area contributed by atoms with E-state index in [0.29, 0.717) is 5.75 Å². The van der Waals surface area contributed by atoms with Gasteiger partial charge in [-0.3, -0.25) is 10.0 Å². The summed E-state index contributed by atoms with van der Waals surface area (Å²) in [5.41, 5.74) is -0.375. The minimum Gasteiger partial charge on any atom is -0.489 e. The van der Waals surface area contributed by atoms with Gasteiger partial charge in [0, 0.05) is 6.61 Å². The molecule has 2 atom stereocenters. The summed E-state index contributed by atoms with van der Waals surface area (Å²) < 4.78 is 49.5. The smallest absolute Gasteiger partial charge is 0.279 e. The zero-order valence-corrected chi connectivity index (χ0v) is 16.1. The normalized spacial score (nSPS) is 22.1. The molecule has 2 unspecified atom stereocenters. The summed E-state index contributed by atoms with van der Waals surface area (Å²) in [6.07, 6.45) is -0.116. The molecule has 2 aromatic rings. The highest BCUT2D eigenvalue weighted by Crippen LogP contribution is 2.32. The minimum atomic E-state index is -4.11. The van der Waals surface area contributed by atoms with Crippen LogP contribution in [-0.4, -0.2) is 48.7 Å². The summed E-state index contributed by atoms with van der Waals surface area (Å²) in [6.45, 7) is -0.339. The van der Waals surface area contributed by atoms with Gasteiger partial charge < -0.3 is 14.6 Å². The van der Waals surface area contributed by atoms with Crippen LogP contribution in [0.4, 0.5) is 4.39 Å². The van der Waals surface area contributed by atoms with Crippen LogP contribution in [0, 0.1) is 5.82 Å². The maximum absolute atomic E-state index is 13.0. The number of hydroxylamine groups is 1. The third kappa shape index (κ3) is 4.40. The highest BCUT2D eigenvalue weighted by molar-refractivity contribution is 7.92. The van der Waals surface area contributed by atoms with E-state index in [9.17, 15) is 22.7 Å². The van der Waals surface area contributed by atoms with Gasteiger partial charge in [-0.25, -0.2) is 18.3 Å². The lowest BCUT2D eigenvalue weighted by molar-refractivity contribution is -0.161. The van der Waals surface area contributed by atoms with E-state index in [0.717, 1.165) is 5.56 Å². The number of sulfone groups is 1. The van der Waals surface area contributed by atoms with Gasteiger partial charge in [-0.05, 0) is 48.4 Å². The Bertz CT molecular complexity index is 963. The number of amides is 1. The fourth-order valence-electron chi connectivity index (χ4n) is 3.11. The van der Waals surface area contributed by atoms with Gasteiger partial charge in [0.2, 0.25) is 0 Å². The van der Waals surface area contributed by atoms with Gasteiger partial charge in [-0.2, -0.15) is 0 Å². The van der Waals surface area contributed by atoms with Crippen molar-refractivity contribution in [3.05, 3.63) is 59.9 Å². The number of aliphatic hydroxyl groups is 1. The first-order chi connectivity index (χ1) is 13.8. The molecule has 156 valence electrons.